The lowest BCUT2D eigenvalue weighted by atomic mass is 10.1. The largest absolute Gasteiger partial charge is 0.439 e. The van der Waals surface area contributed by atoms with Crippen LogP contribution in [0.4, 0.5) is 0 Å². The van der Waals surface area contributed by atoms with Gasteiger partial charge < -0.3 is 9.73 Å². The van der Waals surface area contributed by atoms with Gasteiger partial charge in [0.2, 0.25) is 5.89 Å². The fraction of sp³-hybridized carbons (Fsp3) is 0.462. The Kier molecular flexibility index (Phi) is 2.72. The molecule has 0 radical (unpaired) electrons. The van der Waals surface area contributed by atoms with Crippen molar-refractivity contribution in [1.29, 1.82) is 0 Å². The van der Waals surface area contributed by atoms with Gasteiger partial charge in [0, 0.05) is 0 Å². The third kappa shape index (κ3) is 1.95. The Balaban J connectivity index is 2.46. The van der Waals surface area contributed by atoms with E-state index in [0.29, 0.717) is 0 Å². The lowest BCUT2D eigenvalue weighted by molar-refractivity contribution is 0.323. The van der Waals surface area contributed by atoms with E-state index in [9.17, 15) is 0 Å². The lowest BCUT2D eigenvalue weighted by Gasteiger charge is -2.21. The monoisotopic (exact) mass is 218 g/mol. The molecular formula is C13H18N2O. The minimum atomic E-state index is -0.221. The number of hydrogen-bond acceptors (Lipinski definition) is 3. The molecule has 0 fully saturated rings. The number of nitrogens with zero attached hydrogens (tertiary/aromatic N) is 1. The molecule has 1 N–H and O–H groups in total. The first-order chi connectivity index (χ1) is 7.53. The van der Waals surface area contributed by atoms with Crippen LogP contribution in [0.15, 0.2) is 22.6 Å². The first-order valence-electron chi connectivity index (χ1n) is 5.65. The van der Waals surface area contributed by atoms with Crippen molar-refractivity contribution in [2.75, 3.05) is 6.54 Å². The SMILES string of the molecule is CCNC(C)(C)c1nc2ccc(C)cc2o1. The van der Waals surface area contributed by atoms with Gasteiger partial charge >= 0.3 is 0 Å². The Labute approximate surface area is 95.9 Å². The van der Waals surface area contributed by atoms with Crippen molar-refractivity contribution in [2.24, 2.45) is 0 Å². The summed E-state index contributed by atoms with van der Waals surface area (Å²) in [6.07, 6.45) is 0. The minimum absolute atomic E-state index is 0.221. The summed E-state index contributed by atoms with van der Waals surface area (Å²) in [7, 11) is 0. The molecule has 0 amide bonds. The molecule has 0 bridgehead atoms. The molecule has 1 aromatic heterocycles. The first-order valence-corrected chi connectivity index (χ1v) is 5.65. The predicted octanol–water partition coefficient (Wildman–Crippen LogP) is 2.98. The van der Waals surface area contributed by atoms with Crippen LogP contribution < -0.4 is 5.32 Å². The molecule has 0 saturated heterocycles. The van der Waals surface area contributed by atoms with Crippen molar-refractivity contribution < 1.29 is 4.42 Å². The van der Waals surface area contributed by atoms with Crippen molar-refractivity contribution in [1.82, 2.24) is 10.3 Å². The van der Waals surface area contributed by atoms with Gasteiger partial charge in [-0.05, 0) is 45.0 Å². The molecule has 0 spiro atoms. The van der Waals surface area contributed by atoms with Crippen LogP contribution in [0.2, 0.25) is 0 Å². The minimum Gasteiger partial charge on any atom is -0.439 e. The lowest BCUT2D eigenvalue weighted by Crippen LogP contribution is -2.36. The average molecular weight is 218 g/mol. The molecule has 1 aromatic carbocycles. The van der Waals surface area contributed by atoms with Crippen molar-refractivity contribution >= 4 is 11.1 Å². The van der Waals surface area contributed by atoms with E-state index < -0.39 is 0 Å². The second-order valence-corrected chi connectivity index (χ2v) is 4.65. The highest BCUT2D eigenvalue weighted by Gasteiger charge is 2.25. The number of nitrogens with one attached hydrogen (secondary N) is 1. The second-order valence-electron chi connectivity index (χ2n) is 4.65. The second kappa shape index (κ2) is 3.91. The Morgan fingerprint density at radius 1 is 1.38 bits per heavy atom. The molecule has 2 rings (SSSR count). The van der Waals surface area contributed by atoms with E-state index in [4.69, 9.17) is 4.42 Å². The maximum atomic E-state index is 5.79. The Bertz CT molecular complexity index is 500. The fourth-order valence-electron chi connectivity index (χ4n) is 1.82. The van der Waals surface area contributed by atoms with E-state index >= 15 is 0 Å². The summed E-state index contributed by atoms with van der Waals surface area (Å²) in [5, 5.41) is 3.36. The molecule has 2 aromatic rings. The summed E-state index contributed by atoms with van der Waals surface area (Å²) in [4.78, 5) is 4.51. The molecule has 0 unspecified atom stereocenters. The zero-order chi connectivity index (χ0) is 11.8. The quantitative estimate of drug-likeness (QED) is 0.860. The zero-order valence-electron chi connectivity index (χ0n) is 10.3. The highest BCUT2D eigenvalue weighted by atomic mass is 16.4. The van der Waals surface area contributed by atoms with Crippen LogP contribution >= 0.6 is 0 Å². The van der Waals surface area contributed by atoms with E-state index in [1.165, 1.54) is 5.56 Å². The van der Waals surface area contributed by atoms with Crippen LogP contribution in [0.3, 0.4) is 0 Å². The normalized spacial score (nSPS) is 12.2. The van der Waals surface area contributed by atoms with E-state index in [0.717, 1.165) is 23.5 Å². The highest BCUT2D eigenvalue weighted by Crippen LogP contribution is 2.24. The maximum Gasteiger partial charge on any atom is 0.215 e. The maximum absolute atomic E-state index is 5.79. The van der Waals surface area contributed by atoms with Gasteiger partial charge in [-0.1, -0.05) is 13.0 Å². The van der Waals surface area contributed by atoms with Crippen molar-refractivity contribution in [3.8, 4) is 0 Å². The number of fused-ring (bicyclic) bond motifs is 1. The Morgan fingerprint density at radius 2 is 2.12 bits per heavy atom. The third-order valence-corrected chi connectivity index (χ3v) is 2.70. The summed E-state index contributed by atoms with van der Waals surface area (Å²) in [5.74, 6) is 0.745. The molecular weight excluding hydrogens is 200 g/mol. The van der Waals surface area contributed by atoms with Crippen molar-refractivity contribution in [3.63, 3.8) is 0 Å². The topological polar surface area (TPSA) is 38.1 Å². The number of aromatic nitrogens is 1. The smallest absolute Gasteiger partial charge is 0.215 e. The number of oxazole rings is 1. The first kappa shape index (κ1) is 11.1. The number of benzene rings is 1. The molecule has 16 heavy (non-hydrogen) atoms. The molecule has 0 atom stereocenters. The zero-order valence-corrected chi connectivity index (χ0v) is 10.3. The van der Waals surface area contributed by atoms with Crippen LogP contribution in [-0.2, 0) is 5.54 Å². The van der Waals surface area contributed by atoms with Crippen LogP contribution in [0, 0.1) is 6.92 Å². The molecule has 1 heterocycles. The Hall–Kier alpha value is -1.35. The molecule has 0 saturated carbocycles. The summed E-state index contributed by atoms with van der Waals surface area (Å²) in [6.45, 7) is 9.18. The van der Waals surface area contributed by atoms with Crippen LogP contribution in [0.25, 0.3) is 11.1 Å². The molecule has 3 heteroatoms. The van der Waals surface area contributed by atoms with Crippen molar-refractivity contribution in [3.05, 3.63) is 29.7 Å². The molecule has 0 aliphatic heterocycles. The number of aryl methyl sites for hydroxylation is 1. The van der Waals surface area contributed by atoms with Gasteiger partial charge in [0.15, 0.2) is 5.58 Å². The number of hydrogen-bond donors (Lipinski definition) is 1. The third-order valence-electron chi connectivity index (χ3n) is 2.70. The summed E-state index contributed by atoms with van der Waals surface area (Å²) >= 11 is 0. The summed E-state index contributed by atoms with van der Waals surface area (Å²) < 4.78 is 5.79. The Morgan fingerprint density at radius 3 is 2.81 bits per heavy atom. The van der Waals surface area contributed by atoms with Crippen LogP contribution in [0.1, 0.15) is 32.2 Å². The van der Waals surface area contributed by atoms with E-state index in [-0.39, 0.29) is 5.54 Å². The van der Waals surface area contributed by atoms with Gasteiger partial charge in [0.05, 0.1) is 5.54 Å². The van der Waals surface area contributed by atoms with E-state index in [1.807, 2.05) is 12.1 Å². The average Bonchev–Trinajstić information content (AvgIpc) is 2.61. The molecule has 0 aliphatic rings. The molecule has 3 nitrogen and oxygen atoms in total. The van der Waals surface area contributed by atoms with Gasteiger partial charge in [-0.3, -0.25) is 0 Å². The predicted molar refractivity (Wildman–Crippen MR) is 65.4 cm³/mol. The van der Waals surface area contributed by atoms with Gasteiger partial charge in [-0.15, -0.1) is 0 Å². The van der Waals surface area contributed by atoms with Crippen molar-refractivity contribution in [2.45, 2.75) is 33.2 Å². The van der Waals surface area contributed by atoms with E-state index in [1.54, 1.807) is 0 Å². The molecule has 86 valence electrons. The van der Waals surface area contributed by atoms with E-state index in [2.05, 4.69) is 44.1 Å². The molecule has 0 aliphatic carbocycles. The van der Waals surface area contributed by atoms with Crippen LogP contribution in [0.5, 0.6) is 0 Å². The summed E-state index contributed by atoms with van der Waals surface area (Å²) in [6, 6.07) is 6.07. The standard InChI is InChI=1S/C13H18N2O/c1-5-14-13(3,4)12-15-10-7-6-9(2)8-11(10)16-12/h6-8,14H,5H2,1-4H3. The van der Waals surface area contributed by atoms with Gasteiger partial charge in [0.1, 0.15) is 5.52 Å². The number of rotatable bonds is 3. The van der Waals surface area contributed by atoms with Gasteiger partial charge in [0.25, 0.3) is 0 Å². The van der Waals surface area contributed by atoms with Gasteiger partial charge in [-0.2, -0.15) is 0 Å². The van der Waals surface area contributed by atoms with Gasteiger partial charge in [-0.25, -0.2) is 4.98 Å². The summed E-state index contributed by atoms with van der Waals surface area (Å²) in [5.41, 5.74) is 2.76. The highest BCUT2D eigenvalue weighted by molar-refractivity contribution is 5.73. The van der Waals surface area contributed by atoms with Crippen LogP contribution in [-0.4, -0.2) is 11.5 Å². The fourth-order valence-corrected chi connectivity index (χ4v) is 1.82.